The summed E-state index contributed by atoms with van der Waals surface area (Å²) in [5.41, 5.74) is 0. The van der Waals surface area contributed by atoms with Crippen molar-refractivity contribution in [3.05, 3.63) is 39.8 Å². The SMILES string of the molecule is CC1=NC=C(COc2ccc(Br)cc2)S1(=O)=O. The number of sulfone groups is 1. The number of rotatable bonds is 3. The maximum atomic E-state index is 11.7. The van der Waals surface area contributed by atoms with Crippen LogP contribution in [0, 0.1) is 0 Å². The number of ether oxygens (including phenoxy) is 1. The molecule has 0 atom stereocenters. The number of hydrogen-bond donors (Lipinski definition) is 0. The lowest BCUT2D eigenvalue weighted by molar-refractivity contribution is 0.358. The number of nitrogens with zero attached hydrogens (tertiary/aromatic N) is 1. The summed E-state index contributed by atoms with van der Waals surface area (Å²) in [5.74, 6) is 0.619. The minimum atomic E-state index is -3.37. The van der Waals surface area contributed by atoms with Gasteiger partial charge in [0.15, 0.2) is 0 Å². The predicted molar refractivity (Wildman–Crippen MR) is 69.7 cm³/mol. The van der Waals surface area contributed by atoms with E-state index >= 15 is 0 Å². The van der Waals surface area contributed by atoms with Crippen LogP contribution < -0.4 is 4.74 Å². The molecule has 2 rings (SSSR count). The van der Waals surface area contributed by atoms with Crippen LogP contribution in [-0.2, 0) is 9.84 Å². The molecule has 1 aliphatic heterocycles. The summed E-state index contributed by atoms with van der Waals surface area (Å²) in [4.78, 5) is 3.97. The van der Waals surface area contributed by atoms with Crippen molar-refractivity contribution in [1.82, 2.24) is 0 Å². The highest BCUT2D eigenvalue weighted by molar-refractivity contribution is 9.10. The van der Waals surface area contributed by atoms with Crippen LogP contribution in [0.15, 0.2) is 44.8 Å². The third-order valence-corrected chi connectivity index (χ3v) is 4.64. The van der Waals surface area contributed by atoms with Gasteiger partial charge in [0.2, 0.25) is 9.84 Å². The van der Waals surface area contributed by atoms with E-state index in [1.54, 1.807) is 12.1 Å². The van der Waals surface area contributed by atoms with E-state index in [2.05, 4.69) is 20.9 Å². The molecule has 0 unspecified atom stereocenters. The van der Waals surface area contributed by atoms with Crippen molar-refractivity contribution in [1.29, 1.82) is 0 Å². The van der Waals surface area contributed by atoms with Gasteiger partial charge in [0.05, 0.1) is 0 Å². The van der Waals surface area contributed by atoms with Gasteiger partial charge >= 0.3 is 0 Å². The molecule has 1 aromatic rings. The normalized spacial score (nSPS) is 17.5. The largest absolute Gasteiger partial charge is 0.488 e. The van der Waals surface area contributed by atoms with E-state index in [-0.39, 0.29) is 16.6 Å². The van der Waals surface area contributed by atoms with Crippen molar-refractivity contribution in [2.75, 3.05) is 6.61 Å². The Kier molecular flexibility index (Phi) is 3.35. The van der Waals surface area contributed by atoms with Gasteiger partial charge in [0, 0.05) is 10.7 Å². The van der Waals surface area contributed by atoms with Crippen LogP contribution in [0.5, 0.6) is 5.75 Å². The second-order valence-corrected chi connectivity index (χ2v) is 6.53. The molecule has 0 spiro atoms. The molecule has 4 nitrogen and oxygen atoms in total. The fourth-order valence-electron chi connectivity index (χ4n) is 1.29. The van der Waals surface area contributed by atoms with Crippen LogP contribution >= 0.6 is 15.9 Å². The predicted octanol–water partition coefficient (Wildman–Crippen LogP) is 2.52. The van der Waals surface area contributed by atoms with Gasteiger partial charge in [-0.1, -0.05) is 15.9 Å². The second kappa shape index (κ2) is 4.62. The first-order chi connectivity index (χ1) is 8.00. The summed E-state index contributed by atoms with van der Waals surface area (Å²) < 4.78 is 29.7. The molecule has 0 aromatic heterocycles. The monoisotopic (exact) mass is 315 g/mol. The highest BCUT2D eigenvalue weighted by atomic mass is 79.9. The zero-order chi connectivity index (χ0) is 12.5. The third-order valence-electron chi connectivity index (χ3n) is 2.32. The summed E-state index contributed by atoms with van der Waals surface area (Å²) in [5, 5.41) is 0.118. The van der Waals surface area contributed by atoms with Crippen molar-refractivity contribution in [2.45, 2.75) is 6.92 Å². The van der Waals surface area contributed by atoms with Gasteiger partial charge in [0.1, 0.15) is 22.3 Å². The average molecular weight is 316 g/mol. The summed E-state index contributed by atoms with van der Waals surface area (Å²) in [6.07, 6.45) is 1.34. The Labute approximate surface area is 108 Å². The molecule has 0 N–H and O–H groups in total. The van der Waals surface area contributed by atoms with E-state index in [1.807, 2.05) is 12.1 Å². The molecule has 1 aliphatic rings. The summed E-state index contributed by atoms with van der Waals surface area (Å²) in [6, 6.07) is 7.18. The number of aliphatic imine (C=N–C) groups is 1. The lowest BCUT2D eigenvalue weighted by Gasteiger charge is -2.06. The Hall–Kier alpha value is -1.14. The van der Waals surface area contributed by atoms with Crippen molar-refractivity contribution < 1.29 is 13.2 Å². The van der Waals surface area contributed by atoms with Crippen LogP contribution in [0.25, 0.3) is 0 Å². The molecule has 0 saturated heterocycles. The summed E-state index contributed by atoms with van der Waals surface area (Å²) >= 11 is 3.31. The van der Waals surface area contributed by atoms with Crippen LogP contribution in [0.2, 0.25) is 0 Å². The van der Waals surface area contributed by atoms with E-state index in [4.69, 9.17) is 4.74 Å². The fraction of sp³-hybridized carbons (Fsp3) is 0.182. The molecule has 1 aromatic carbocycles. The molecule has 6 heteroatoms. The minimum absolute atomic E-state index is 0.00477. The van der Waals surface area contributed by atoms with Crippen molar-refractivity contribution in [3.63, 3.8) is 0 Å². The molecule has 90 valence electrons. The lowest BCUT2D eigenvalue weighted by atomic mass is 10.3. The van der Waals surface area contributed by atoms with Gasteiger partial charge in [0.25, 0.3) is 0 Å². The Bertz CT molecular complexity index is 588. The van der Waals surface area contributed by atoms with Crippen LogP contribution in [0.4, 0.5) is 0 Å². The average Bonchev–Trinajstić information content (AvgIpc) is 2.54. The zero-order valence-electron chi connectivity index (χ0n) is 9.05. The van der Waals surface area contributed by atoms with E-state index in [1.165, 1.54) is 13.1 Å². The molecule has 0 amide bonds. The van der Waals surface area contributed by atoms with E-state index in [0.717, 1.165) is 4.47 Å². The minimum Gasteiger partial charge on any atom is -0.488 e. The van der Waals surface area contributed by atoms with Crippen LogP contribution in [0.1, 0.15) is 6.92 Å². The van der Waals surface area contributed by atoms with Gasteiger partial charge < -0.3 is 4.74 Å². The molecule has 17 heavy (non-hydrogen) atoms. The van der Waals surface area contributed by atoms with Gasteiger partial charge in [-0.25, -0.2) is 13.4 Å². The molecular formula is C11H10BrNO3S. The Morgan fingerprint density at radius 2 is 1.94 bits per heavy atom. The highest BCUT2D eigenvalue weighted by Gasteiger charge is 2.26. The molecule has 0 bridgehead atoms. The van der Waals surface area contributed by atoms with E-state index < -0.39 is 9.84 Å². The van der Waals surface area contributed by atoms with Crippen molar-refractivity contribution in [3.8, 4) is 5.75 Å². The van der Waals surface area contributed by atoms with Gasteiger partial charge in [-0.3, -0.25) is 0 Å². The number of benzene rings is 1. The highest BCUT2D eigenvalue weighted by Crippen LogP contribution is 2.20. The van der Waals surface area contributed by atoms with Crippen LogP contribution in [-0.4, -0.2) is 20.1 Å². The quantitative estimate of drug-likeness (QED) is 0.861. The smallest absolute Gasteiger partial charge is 0.220 e. The molecule has 0 radical (unpaired) electrons. The lowest BCUT2D eigenvalue weighted by Crippen LogP contribution is -2.14. The number of halogens is 1. The Morgan fingerprint density at radius 1 is 1.29 bits per heavy atom. The van der Waals surface area contributed by atoms with Crippen LogP contribution in [0.3, 0.4) is 0 Å². The number of hydrogen-bond acceptors (Lipinski definition) is 4. The second-order valence-electron chi connectivity index (χ2n) is 3.49. The maximum Gasteiger partial charge on any atom is 0.220 e. The van der Waals surface area contributed by atoms with E-state index in [9.17, 15) is 8.42 Å². The van der Waals surface area contributed by atoms with Gasteiger partial charge in [-0.05, 0) is 31.2 Å². The Balaban J connectivity index is 2.04. The standard InChI is InChI=1S/C11H10BrNO3S/c1-8-13-6-11(17(8,14)15)7-16-10-4-2-9(12)3-5-10/h2-6H,7H2,1H3. The van der Waals surface area contributed by atoms with Crippen molar-refractivity contribution in [2.24, 2.45) is 4.99 Å². The summed E-state index contributed by atoms with van der Waals surface area (Å²) in [7, 11) is -3.37. The first-order valence-corrected chi connectivity index (χ1v) is 7.14. The van der Waals surface area contributed by atoms with Crippen molar-refractivity contribution >= 4 is 30.8 Å². The summed E-state index contributed by atoms with van der Waals surface area (Å²) in [6.45, 7) is 1.48. The maximum absolute atomic E-state index is 11.7. The molecule has 1 heterocycles. The van der Waals surface area contributed by atoms with Gasteiger partial charge in [-0.2, -0.15) is 0 Å². The van der Waals surface area contributed by atoms with E-state index in [0.29, 0.717) is 5.75 Å². The zero-order valence-corrected chi connectivity index (χ0v) is 11.5. The Morgan fingerprint density at radius 3 is 2.47 bits per heavy atom. The molecular weight excluding hydrogens is 306 g/mol. The molecule has 0 fully saturated rings. The first kappa shape index (κ1) is 12.3. The topological polar surface area (TPSA) is 55.7 Å². The molecule has 0 saturated carbocycles. The van der Waals surface area contributed by atoms with Gasteiger partial charge in [-0.15, -0.1) is 0 Å². The third kappa shape index (κ3) is 2.58. The fourth-order valence-corrected chi connectivity index (χ4v) is 2.53. The molecule has 0 aliphatic carbocycles. The first-order valence-electron chi connectivity index (χ1n) is 4.87.